The van der Waals surface area contributed by atoms with E-state index in [0.717, 1.165) is 16.7 Å². The van der Waals surface area contributed by atoms with Crippen LogP contribution in [0.3, 0.4) is 0 Å². The van der Waals surface area contributed by atoms with E-state index in [2.05, 4.69) is 16.4 Å². The van der Waals surface area contributed by atoms with Gasteiger partial charge < -0.3 is 10.4 Å². The molecule has 2 rings (SSSR count). The Hall–Kier alpha value is -2.71. The Labute approximate surface area is 148 Å². The van der Waals surface area contributed by atoms with Crippen LogP contribution in [0.4, 0.5) is 0 Å². The van der Waals surface area contributed by atoms with E-state index in [9.17, 15) is 9.90 Å². The molecule has 1 atom stereocenters. The molecule has 0 bridgehead atoms. The lowest BCUT2D eigenvalue weighted by Crippen LogP contribution is -2.46. The number of aliphatic hydroxyl groups excluding tert-OH is 1. The fourth-order valence-corrected chi connectivity index (χ4v) is 2.51. The number of carbonyl (C=O) groups excluding carboxylic acids is 1. The summed E-state index contributed by atoms with van der Waals surface area (Å²) in [7, 11) is 0. The molecular formula is C20H23N3O2. The molecule has 0 aliphatic rings. The van der Waals surface area contributed by atoms with Crippen LogP contribution in [0.5, 0.6) is 0 Å². The fourth-order valence-electron chi connectivity index (χ4n) is 2.51. The summed E-state index contributed by atoms with van der Waals surface area (Å²) in [5.74, 6) is -0.116. The van der Waals surface area contributed by atoms with Crippen molar-refractivity contribution in [2.45, 2.75) is 38.6 Å². The van der Waals surface area contributed by atoms with Crippen LogP contribution in [0.15, 0.2) is 42.7 Å². The van der Waals surface area contributed by atoms with Crippen molar-refractivity contribution in [1.82, 2.24) is 10.3 Å². The van der Waals surface area contributed by atoms with Gasteiger partial charge in [-0.3, -0.25) is 9.78 Å². The summed E-state index contributed by atoms with van der Waals surface area (Å²) < 4.78 is 0. The molecule has 0 aliphatic carbocycles. The van der Waals surface area contributed by atoms with Gasteiger partial charge in [-0.05, 0) is 37.5 Å². The lowest BCUT2D eigenvalue weighted by Gasteiger charge is -2.27. The van der Waals surface area contributed by atoms with E-state index in [1.165, 1.54) is 6.20 Å². The van der Waals surface area contributed by atoms with Gasteiger partial charge in [0.25, 0.3) is 0 Å². The number of rotatable bonds is 6. The second kappa shape index (κ2) is 7.91. The SMILES string of the molecule is CC[C@@H](CO)NC(=O)C(C)(C)c1ccc(-c2cncc(C#N)c2)cc1. The van der Waals surface area contributed by atoms with E-state index in [-0.39, 0.29) is 18.6 Å². The molecular weight excluding hydrogens is 314 g/mol. The minimum atomic E-state index is -0.714. The molecule has 2 N–H and O–H groups in total. The third kappa shape index (κ3) is 4.23. The Morgan fingerprint density at radius 3 is 2.52 bits per heavy atom. The Balaban J connectivity index is 2.23. The summed E-state index contributed by atoms with van der Waals surface area (Å²) in [5, 5.41) is 21.1. The van der Waals surface area contributed by atoms with Crippen molar-refractivity contribution in [1.29, 1.82) is 5.26 Å². The quantitative estimate of drug-likeness (QED) is 0.848. The van der Waals surface area contributed by atoms with Crippen molar-refractivity contribution in [3.63, 3.8) is 0 Å². The zero-order valence-electron chi connectivity index (χ0n) is 14.8. The number of hydrogen-bond acceptors (Lipinski definition) is 4. The first-order valence-corrected chi connectivity index (χ1v) is 8.30. The number of aliphatic hydroxyl groups is 1. The number of nitrogens with zero attached hydrogens (tertiary/aromatic N) is 2. The largest absolute Gasteiger partial charge is 0.394 e. The van der Waals surface area contributed by atoms with Crippen LogP contribution in [0, 0.1) is 11.3 Å². The molecule has 130 valence electrons. The van der Waals surface area contributed by atoms with Crippen molar-refractivity contribution in [3.05, 3.63) is 53.9 Å². The second-order valence-corrected chi connectivity index (χ2v) is 6.54. The molecule has 1 aromatic carbocycles. The van der Waals surface area contributed by atoms with Crippen LogP contribution in [0.1, 0.15) is 38.3 Å². The molecule has 0 saturated heterocycles. The van der Waals surface area contributed by atoms with Crippen molar-refractivity contribution < 1.29 is 9.90 Å². The molecule has 2 aromatic rings. The molecule has 0 fully saturated rings. The molecule has 0 aliphatic heterocycles. The zero-order valence-corrected chi connectivity index (χ0v) is 14.8. The monoisotopic (exact) mass is 337 g/mol. The van der Waals surface area contributed by atoms with E-state index in [1.807, 2.05) is 45.0 Å². The smallest absolute Gasteiger partial charge is 0.230 e. The van der Waals surface area contributed by atoms with Gasteiger partial charge >= 0.3 is 0 Å². The molecule has 1 heterocycles. The lowest BCUT2D eigenvalue weighted by molar-refractivity contribution is -0.126. The molecule has 5 heteroatoms. The van der Waals surface area contributed by atoms with Gasteiger partial charge in [0, 0.05) is 18.0 Å². The topological polar surface area (TPSA) is 86.0 Å². The van der Waals surface area contributed by atoms with E-state index in [4.69, 9.17) is 5.26 Å². The van der Waals surface area contributed by atoms with Gasteiger partial charge in [0.05, 0.1) is 23.6 Å². The lowest BCUT2D eigenvalue weighted by atomic mass is 9.82. The predicted octanol–water partition coefficient (Wildman–Crippen LogP) is 2.78. The third-order valence-corrected chi connectivity index (χ3v) is 4.42. The minimum absolute atomic E-state index is 0.0699. The minimum Gasteiger partial charge on any atom is -0.394 e. The average Bonchev–Trinajstić information content (AvgIpc) is 2.65. The van der Waals surface area contributed by atoms with Crippen LogP contribution in [-0.2, 0) is 10.2 Å². The number of aromatic nitrogens is 1. The summed E-state index contributed by atoms with van der Waals surface area (Å²) in [5.41, 5.74) is 2.47. The molecule has 25 heavy (non-hydrogen) atoms. The fraction of sp³-hybridized carbons (Fsp3) is 0.350. The van der Waals surface area contributed by atoms with E-state index in [1.54, 1.807) is 12.3 Å². The van der Waals surface area contributed by atoms with Crippen LogP contribution in [0.2, 0.25) is 0 Å². The Morgan fingerprint density at radius 2 is 1.96 bits per heavy atom. The van der Waals surface area contributed by atoms with Crippen molar-refractivity contribution in [2.75, 3.05) is 6.61 Å². The second-order valence-electron chi connectivity index (χ2n) is 6.54. The van der Waals surface area contributed by atoms with Crippen molar-refractivity contribution in [2.24, 2.45) is 0 Å². The molecule has 0 radical (unpaired) electrons. The normalized spacial score (nSPS) is 12.3. The van der Waals surface area contributed by atoms with Crippen molar-refractivity contribution in [3.8, 4) is 17.2 Å². The highest BCUT2D eigenvalue weighted by Crippen LogP contribution is 2.27. The van der Waals surface area contributed by atoms with Crippen LogP contribution < -0.4 is 5.32 Å². The Kier molecular flexibility index (Phi) is 5.89. The average molecular weight is 337 g/mol. The summed E-state index contributed by atoms with van der Waals surface area (Å²) in [6, 6.07) is 11.3. The summed E-state index contributed by atoms with van der Waals surface area (Å²) in [6.45, 7) is 5.57. The highest BCUT2D eigenvalue weighted by Gasteiger charge is 2.30. The maximum atomic E-state index is 12.6. The number of nitriles is 1. The van der Waals surface area contributed by atoms with Crippen molar-refractivity contribution >= 4 is 5.91 Å². The highest BCUT2D eigenvalue weighted by atomic mass is 16.3. The Bertz CT molecular complexity index is 772. The molecule has 0 spiro atoms. The van der Waals surface area contributed by atoms with Crippen LogP contribution in [-0.4, -0.2) is 28.6 Å². The highest BCUT2D eigenvalue weighted by molar-refractivity contribution is 5.87. The van der Waals surface area contributed by atoms with E-state index in [0.29, 0.717) is 12.0 Å². The van der Waals surface area contributed by atoms with Gasteiger partial charge in [0.2, 0.25) is 5.91 Å². The standard InChI is InChI=1S/C20H23N3O2/c1-4-18(13-24)23-19(25)20(2,3)17-7-5-15(6-8-17)16-9-14(10-21)11-22-12-16/h5-9,11-12,18,24H,4,13H2,1-3H3,(H,23,25)/t18-/m0/s1. The number of pyridine rings is 1. The molecule has 1 amide bonds. The number of benzene rings is 1. The van der Waals surface area contributed by atoms with Gasteiger partial charge in [0.15, 0.2) is 0 Å². The number of carbonyl (C=O) groups is 1. The van der Waals surface area contributed by atoms with Gasteiger partial charge in [0.1, 0.15) is 6.07 Å². The van der Waals surface area contributed by atoms with Gasteiger partial charge in [-0.2, -0.15) is 5.26 Å². The summed E-state index contributed by atoms with van der Waals surface area (Å²) in [4.78, 5) is 16.6. The molecule has 0 saturated carbocycles. The van der Waals surface area contributed by atoms with Gasteiger partial charge in [-0.25, -0.2) is 0 Å². The first-order chi connectivity index (χ1) is 11.9. The molecule has 0 unspecified atom stereocenters. The maximum absolute atomic E-state index is 12.6. The third-order valence-electron chi connectivity index (χ3n) is 4.42. The first kappa shape index (κ1) is 18.6. The van der Waals surface area contributed by atoms with Crippen LogP contribution >= 0.6 is 0 Å². The maximum Gasteiger partial charge on any atom is 0.230 e. The first-order valence-electron chi connectivity index (χ1n) is 8.30. The predicted molar refractivity (Wildman–Crippen MR) is 96.7 cm³/mol. The zero-order chi connectivity index (χ0) is 18.4. The summed E-state index contributed by atoms with van der Waals surface area (Å²) in [6.07, 6.45) is 3.91. The van der Waals surface area contributed by atoms with E-state index >= 15 is 0 Å². The Morgan fingerprint density at radius 1 is 1.28 bits per heavy atom. The number of hydrogen-bond donors (Lipinski definition) is 2. The van der Waals surface area contributed by atoms with Crippen LogP contribution in [0.25, 0.3) is 11.1 Å². The molecule has 5 nitrogen and oxygen atoms in total. The molecule has 1 aromatic heterocycles. The number of amides is 1. The van der Waals surface area contributed by atoms with E-state index < -0.39 is 5.41 Å². The van der Waals surface area contributed by atoms with Gasteiger partial charge in [-0.1, -0.05) is 31.2 Å². The van der Waals surface area contributed by atoms with Gasteiger partial charge in [-0.15, -0.1) is 0 Å². The number of nitrogens with one attached hydrogen (secondary N) is 1. The summed E-state index contributed by atoms with van der Waals surface area (Å²) >= 11 is 0.